The van der Waals surface area contributed by atoms with E-state index in [0.29, 0.717) is 6.54 Å². The molecule has 2 aromatic rings. The summed E-state index contributed by atoms with van der Waals surface area (Å²) in [4.78, 5) is 29.6. The number of carbonyl (C=O) groups is 2. The van der Waals surface area contributed by atoms with Crippen LogP contribution in [0.3, 0.4) is 0 Å². The molecule has 0 saturated carbocycles. The van der Waals surface area contributed by atoms with Gasteiger partial charge in [0, 0.05) is 33.4 Å². The van der Waals surface area contributed by atoms with Crippen LogP contribution in [0.2, 0.25) is 0 Å². The average Bonchev–Trinajstić information content (AvgIpc) is 2.64. The van der Waals surface area contributed by atoms with Gasteiger partial charge in [-0.1, -0.05) is 18.2 Å². The van der Waals surface area contributed by atoms with Crippen molar-refractivity contribution in [3.63, 3.8) is 0 Å². The van der Waals surface area contributed by atoms with E-state index in [1.807, 2.05) is 31.1 Å². The molecule has 1 aromatic carbocycles. The lowest BCUT2D eigenvalue weighted by Crippen LogP contribution is -2.41. The normalized spacial score (nSPS) is 10.1. The van der Waals surface area contributed by atoms with Crippen molar-refractivity contribution in [2.24, 2.45) is 0 Å². The molecule has 0 aliphatic heterocycles. The van der Waals surface area contributed by atoms with E-state index in [4.69, 9.17) is 0 Å². The summed E-state index contributed by atoms with van der Waals surface area (Å²) in [6.45, 7) is 0.439. The highest BCUT2D eigenvalue weighted by Crippen LogP contribution is 2.07. The molecular formula is C18H22FN5O2. The third kappa shape index (κ3) is 6.39. The lowest BCUT2D eigenvalue weighted by atomic mass is 10.2. The first-order valence-electron chi connectivity index (χ1n) is 8.09. The second-order valence-electron chi connectivity index (χ2n) is 5.86. The number of anilines is 1. The van der Waals surface area contributed by atoms with Crippen molar-refractivity contribution >= 4 is 17.8 Å². The highest BCUT2D eigenvalue weighted by atomic mass is 19.1. The van der Waals surface area contributed by atoms with Crippen molar-refractivity contribution in [3.05, 3.63) is 59.5 Å². The molecule has 0 bridgehead atoms. The number of pyridine rings is 1. The molecule has 8 heteroatoms. The Morgan fingerprint density at radius 2 is 1.62 bits per heavy atom. The number of hydrogen-bond acceptors (Lipinski definition) is 4. The zero-order valence-electron chi connectivity index (χ0n) is 14.8. The Labute approximate surface area is 151 Å². The third-order valence-corrected chi connectivity index (χ3v) is 3.53. The number of amides is 3. The highest BCUT2D eigenvalue weighted by molar-refractivity contribution is 5.83. The summed E-state index contributed by atoms with van der Waals surface area (Å²) >= 11 is 0. The summed E-state index contributed by atoms with van der Waals surface area (Å²) in [5.74, 6) is 0.194. The maximum absolute atomic E-state index is 12.8. The molecular weight excluding hydrogens is 337 g/mol. The van der Waals surface area contributed by atoms with E-state index in [0.717, 1.165) is 16.9 Å². The summed E-state index contributed by atoms with van der Waals surface area (Å²) < 4.78 is 12.8. The zero-order valence-corrected chi connectivity index (χ0v) is 14.8. The van der Waals surface area contributed by atoms with Crippen LogP contribution in [0, 0.1) is 5.82 Å². The van der Waals surface area contributed by atoms with Gasteiger partial charge in [-0.05, 0) is 29.3 Å². The minimum Gasteiger partial charge on any atom is -0.363 e. The van der Waals surface area contributed by atoms with E-state index in [1.165, 1.54) is 12.1 Å². The predicted molar refractivity (Wildman–Crippen MR) is 97.0 cm³/mol. The Morgan fingerprint density at radius 1 is 0.962 bits per heavy atom. The lowest BCUT2D eigenvalue weighted by molar-refractivity contribution is -0.120. The molecule has 2 rings (SSSR count). The summed E-state index contributed by atoms with van der Waals surface area (Å²) in [7, 11) is 3.80. The maximum Gasteiger partial charge on any atom is 0.315 e. The average molecular weight is 359 g/mol. The van der Waals surface area contributed by atoms with Gasteiger partial charge >= 0.3 is 6.03 Å². The van der Waals surface area contributed by atoms with Crippen LogP contribution in [0.15, 0.2) is 42.6 Å². The van der Waals surface area contributed by atoms with Crippen molar-refractivity contribution < 1.29 is 14.0 Å². The molecule has 7 nitrogen and oxygen atoms in total. The van der Waals surface area contributed by atoms with E-state index < -0.39 is 6.03 Å². The van der Waals surface area contributed by atoms with Crippen molar-refractivity contribution in [3.8, 4) is 0 Å². The Kier molecular flexibility index (Phi) is 6.90. The van der Waals surface area contributed by atoms with Crippen molar-refractivity contribution in [1.82, 2.24) is 20.9 Å². The maximum atomic E-state index is 12.8. The largest absolute Gasteiger partial charge is 0.363 e. The molecule has 0 unspecified atom stereocenters. The number of urea groups is 1. The molecule has 26 heavy (non-hydrogen) atoms. The first-order chi connectivity index (χ1) is 12.4. The fourth-order valence-corrected chi connectivity index (χ4v) is 2.06. The van der Waals surface area contributed by atoms with Crippen LogP contribution in [0.1, 0.15) is 11.1 Å². The van der Waals surface area contributed by atoms with Gasteiger partial charge in [0.1, 0.15) is 11.6 Å². The van der Waals surface area contributed by atoms with Crippen LogP contribution < -0.4 is 20.9 Å². The minimum atomic E-state index is -0.471. The van der Waals surface area contributed by atoms with Gasteiger partial charge in [0.15, 0.2) is 0 Å². The molecule has 138 valence electrons. The number of nitrogens with zero attached hydrogens (tertiary/aromatic N) is 2. The summed E-state index contributed by atoms with van der Waals surface area (Å²) in [5.41, 5.74) is 1.63. The number of rotatable bonds is 7. The van der Waals surface area contributed by atoms with E-state index in [1.54, 1.807) is 18.3 Å². The fraction of sp³-hybridized carbons (Fsp3) is 0.278. The van der Waals surface area contributed by atoms with Gasteiger partial charge in [0.05, 0.1) is 6.54 Å². The summed E-state index contributed by atoms with van der Waals surface area (Å²) in [6, 6.07) is 9.08. The lowest BCUT2D eigenvalue weighted by Gasteiger charge is -2.12. The number of nitrogens with one attached hydrogen (secondary N) is 3. The minimum absolute atomic E-state index is 0.140. The van der Waals surface area contributed by atoms with Crippen molar-refractivity contribution in [2.45, 2.75) is 13.1 Å². The Morgan fingerprint density at radius 3 is 2.23 bits per heavy atom. The molecule has 1 aromatic heterocycles. The molecule has 0 spiro atoms. The van der Waals surface area contributed by atoms with E-state index in [9.17, 15) is 14.0 Å². The molecule has 0 aliphatic rings. The fourth-order valence-electron chi connectivity index (χ4n) is 2.06. The first-order valence-corrected chi connectivity index (χ1v) is 8.09. The van der Waals surface area contributed by atoms with E-state index in [-0.39, 0.29) is 24.8 Å². The molecule has 1 heterocycles. The van der Waals surface area contributed by atoms with Crippen LogP contribution in [0.4, 0.5) is 15.0 Å². The molecule has 0 atom stereocenters. The molecule has 3 amide bonds. The van der Waals surface area contributed by atoms with Crippen LogP contribution in [-0.2, 0) is 17.9 Å². The smallest absolute Gasteiger partial charge is 0.315 e. The van der Waals surface area contributed by atoms with Crippen molar-refractivity contribution in [2.75, 3.05) is 25.5 Å². The van der Waals surface area contributed by atoms with Gasteiger partial charge in [-0.15, -0.1) is 0 Å². The van der Waals surface area contributed by atoms with Crippen LogP contribution in [0.5, 0.6) is 0 Å². The standard InChI is InChI=1S/C18H22FN5O2/c1-24(2)16-8-5-14(10-20-16)11-21-17(25)12-23-18(26)22-9-13-3-6-15(19)7-4-13/h3-8,10H,9,11-12H2,1-2H3,(H,21,25)(H2,22,23,26). The van der Waals surface area contributed by atoms with Gasteiger partial charge in [0.2, 0.25) is 5.91 Å². The summed E-state index contributed by atoms with van der Waals surface area (Å²) in [5, 5.41) is 7.77. The van der Waals surface area contributed by atoms with Gasteiger partial charge < -0.3 is 20.9 Å². The van der Waals surface area contributed by atoms with E-state index >= 15 is 0 Å². The Balaban J connectivity index is 1.66. The summed E-state index contributed by atoms with van der Waals surface area (Å²) in [6.07, 6.45) is 1.69. The quantitative estimate of drug-likeness (QED) is 0.698. The number of aromatic nitrogens is 1. The highest BCUT2D eigenvalue weighted by Gasteiger charge is 2.06. The van der Waals surface area contributed by atoms with Crippen LogP contribution in [-0.4, -0.2) is 37.6 Å². The second-order valence-corrected chi connectivity index (χ2v) is 5.86. The monoisotopic (exact) mass is 359 g/mol. The molecule has 0 aliphatic carbocycles. The SMILES string of the molecule is CN(C)c1ccc(CNC(=O)CNC(=O)NCc2ccc(F)cc2)cn1. The first kappa shape index (κ1) is 19.2. The Bertz CT molecular complexity index is 732. The molecule has 3 N–H and O–H groups in total. The number of halogens is 1. The van der Waals surface area contributed by atoms with Gasteiger partial charge in [-0.3, -0.25) is 4.79 Å². The number of carbonyl (C=O) groups excluding carboxylic acids is 2. The topological polar surface area (TPSA) is 86.4 Å². The van der Waals surface area contributed by atoms with E-state index in [2.05, 4.69) is 20.9 Å². The molecule has 0 fully saturated rings. The van der Waals surface area contributed by atoms with Crippen molar-refractivity contribution in [1.29, 1.82) is 0 Å². The van der Waals surface area contributed by atoms with Gasteiger partial charge in [-0.25, -0.2) is 14.2 Å². The predicted octanol–water partition coefficient (Wildman–Crippen LogP) is 1.40. The second kappa shape index (κ2) is 9.36. The Hall–Kier alpha value is -3.16. The molecule has 0 saturated heterocycles. The van der Waals surface area contributed by atoms with Crippen LogP contribution in [0.25, 0.3) is 0 Å². The molecule has 0 radical (unpaired) electrons. The number of benzene rings is 1. The third-order valence-electron chi connectivity index (χ3n) is 3.53. The van der Waals surface area contributed by atoms with Gasteiger partial charge in [0.25, 0.3) is 0 Å². The van der Waals surface area contributed by atoms with Gasteiger partial charge in [-0.2, -0.15) is 0 Å². The number of hydrogen-bond donors (Lipinski definition) is 3. The zero-order chi connectivity index (χ0) is 18.9. The van der Waals surface area contributed by atoms with Crippen LogP contribution >= 0.6 is 0 Å².